The van der Waals surface area contributed by atoms with Gasteiger partial charge in [-0.15, -0.1) is 0 Å². The van der Waals surface area contributed by atoms with E-state index < -0.39 is 0 Å². The van der Waals surface area contributed by atoms with Gasteiger partial charge in [0.05, 0.1) is 0 Å². The predicted octanol–water partition coefficient (Wildman–Crippen LogP) is 3.39. The van der Waals surface area contributed by atoms with Crippen molar-refractivity contribution in [1.82, 2.24) is 0 Å². The number of unbranched alkanes of at least 4 members (excludes halogenated alkanes) is 7. The second-order valence-electron chi connectivity index (χ2n) is 3.12. The van der Waals surface area contributed by atoms with Gasteiger partial charge in [-0.05, 0) is 0 Å². The van der Waals surface area contributed by atoms with Gasteiger partial charge >= 0.3 is 0 Å². The molecule has 0 amide bonds. The third-order valence-electron chi connectivity index (χ3n) is 1.96. The van der Waals surface area contributed by atoms with E-state index in [4.69, 9.17) is 0 Å². The van der Waals surface area contributed by atoms with Crippen molar-refractivity contribution in [3.63, 3.8) is 0 Å². The van der Waals surface area contributed by atoms with Gasteiger partial charge in [-0.1, -0.05) is 65.2 Å². The average Bonchev–Trinajstić information content (AvgIpc) is 1.97. The topological polar surface area (TPSA) is 0 Å². The second kappa shape index (κ2) is 18.1. The van der Waals surface area contributed by atoms with Crippen LogP contribution < -0.4 is 0 Å². The monoisotopic (exact) mass is 156 g/mol. The summed E-state index contributed by atoms with van der Waals surface area (Å²) in [7, 11) is 0. The van der Waals surface area contributed by atoms with E-state index in [0.717, 1.165) is 0 Å². The van der Waals surface area contributed by atoms with E-state index in [0.29, 0.717) is 0 Å². The molecule has 0 unspecified atom stereocenters. The van der Waals surface area contributed by atoms with Gasteiger partial charge in [-0.3, -0.25) is 0 Å². The molecule has 0 saturated carbocycles. The molecular weight excluding hydrogens is 134 g/mol. The van der Waals surface area contributed by atoms with Crippen LogP contribution in [0.4, 0.5) is 0 Å². The first-order valence-corrected chi connectivity index (χ1v) is 4.91. The van der Waals surface area contributed by atoms with Gasteiger partial charge in [0.2, 0.25) is 0 Å². The Morgan fingerprint density at radius 3 is 1.00 bits per heavy atom. The van der Waals surface area contributed by atoms with Crippen LogP contribution in [0.5, 0.6) is 0 Å². The van der Waals surface area contributed by atoms with E-state index in [1.54, 1.807) is 0 Å². The zero-order valence-corrected chi connectivity index (χ0v) is 9.66. The maximum absolute atomic E-state index is 2.27. The average molecular weight is 156 g/mol. The van der Waals surface area contributed by atoms with E-state index in [-0.39, 0.29) is 37.7 Å². The minimum absolute atomic E-state index is 0. The van der Waals surface area contributed by atoms with Crippen LogP contribution in [0.15, 0.2) is 0 Å². The first-order chi connectivity index (χ1) is 4.91. The van der Waals surface area contributed by atoms with E-state index in [2.05, 4.69) is 13.8 Å². The summed E-state index contributed by atoms with van der Waals surface area (Å²) >= 11 is 0. The molecule has 0 spiro atoms. The van der Waals surface area contributed by atoms with Crippen molar-refractivity contribution in [3.05, 3.63) is 0 Å². The maximum atomic E-state index is 2.27. The molecule has 0 aromatic rings. The van der Waals surface area contributed by atoms with E-state index in [9.17, 15) is 0 Å². The minimum atomic E-state index is 0. The van der Waals surface area contributed by atoms with Crippen molar-refractivity contribution in [2.75, 3.05) is 0 Å². The fourth-order valence-corrected chi connectivity index (χ4v) is 1.21. The molecule has 0 saturated heterocycles. The molecule has 64 valence electrons. The molecule has 0 nitrogen and oxygen atoms in total. The van der Waals surface area contributed by atoms with Gasteiger partial charge < -0.3 is 0 Å². The second-order valence-corrected chi connectivity index (χ2v) is 3.12. The normalized spacial score (nSPS) is 8.50. The van der Waals surface area contributed by atoms with Gasteiger partial charge in [0.1, 0.15) is 0 Å². The van der Waals surface area contributed by atoms with Crippen molar-refractivity contribution < 1.29 is 0 Å². The van der Waals surface area contributed by atoms with Crippen molar-refractivity contribution in [1.29, 1.82) is 0 Å². The van der Waals surface area contributed by atoms with Gasteiger partial charge in [0.15, 0.2) is 0 Å². The standard InChI is InChI=1S/C10H22.2Li/c1-3-5-7-9-10-8-6-4-2;;/h3-10H2,1-2H3;;. The molecule has 0 rings (SSSR count). The van der Waals surface area contributed by atoms with Gasteiger partial charge in [0, 0.05) is 37.7 Å². The van der Waals surface area contributed by atoms with Crippen LogP contribution in [0, 0.1) is 0 Å². The fraction of sp³-hybridized carbons (Fsp3) is 1.00. The minimum Gasteiger partial charge on any atom is -0.0654 e. The molecular formula is C10H22Li2. The number of rotatable bonds is 7. The Balaban J connectivity index is -0.000000405. The van der Waals surface area contributed by atoms with E-state index >= 15 is 0 Å². The molecule has 0 fully saturated rings. The summed E-state index contributed by atoms with van der Waals surface area (Å²) in [5.74, 6) is 0. The molecule has 2 radical (unpaired) electrons. The molecule has 0 N–H and O–H groups in total. The van der Waals surface area contributed by atoms with Crippen LogP contribution >= 0.6 is 0 Å². The first kappa shape index (κ1) is 18.9. The SMILES string of the molecule is CCCCCCCCCC.[Li].[Li]. The number of hydrogen-bond donors (Lipinski definition) is 0. The molecule has 0 atom stereocenters. The Kier molecular flexibility index (Phi) is 28.4. The molecule has 0 heterocycles. The van der Waals surface area contributed by atoms with Gasteiger partial charge in [-0.25, -0.2) is 0 Å². The third-order valence-corrected chi connectivity index (χ3v) is 1.96. The summed E-state index contributed by atoms with van der Waals surface area (Å²) in [4.78, 5) is 0. The Bertz CT molecular complexity index is 47.8. The Hall–Kier alpha value is 1.19. The van der Waals surface area contributed by atoms with Crippen molar-refractivity contribution >= 4 is 37.7 Å². The predicted molar refractivity (Wildman–Crippen MR) is 59.8 cm³/mol. The van der Waals surface area contributed by atoms with Crippen LogP contribution in [0.25, 0.3) is 0 Å². The maximum Gasteiger partial charge on any atom is 0 e. The Labute approximate surface area is 103 Å². The summed E-state index contributed by atoms with van der Waals surface area (Å²) in [6.45, 7) is 4.54. The van der Waals surface area contributed by atoms with Crippen molar-refractivity contribution in [3.8, 4) is 0 Å². The zero-order chi connectivity index (χ0) is 7.66. The van der Waals surface area contributed by atoms with Gasteiger partial charge in [0.25, 0.3) is 0 Å². The van der Waals surface area contributed by atoms with Crippen LogP contribution in [0.1, 0.15) is 65.2 Å². The van der Waals surface area contributed by atoms with Crippen LogP contribution in [-0.2, 0) is 0 Å². The Morgan fingerprint density at radius 2 is 0.750 bits per heavy atom. The molecule has 0 bridgehead atoms. The summed E-state index contributed by atoms with van der Waals surface area (Å²) in [5, 5.41) is 0. The molecule has 0 aromatic heterocycles. The van der Waals surface area contributed by atoms with Crippen molar-refractivity contribution in [2.45, 2.75) is 65.2 Å². The van der Waals surface area contributed by atoms with Crippen LogP contribution in [0.3, 0.4) is 0 Å². The van der Waals surface area contributed by atoms with Crippen LogP contribution in [-0.4, -0.2) is 37.7 Å². The summed E-state index contributed by atoms with van der Waals surface area (Å²) < 4.78 is 0. The largest absolute Gasteiger partial charge is 0.0654 e. The Morgan fingerprint density at radius 1 is 0.500 bits per heavy atom. The fourth-order valence-electron chi connectivity index (χ4n) is 1.21. The van der Waals surface area contributed by atoms with Crippen molar-refractivity contribution in [2.24, 2.45) is 0 Å². The molecule has 12 heavy (non-hydrogen) atoms. The molecule has 2 heteroatoms. The zero-order valence-electron chi connectivity index (χ0n) is 9.66. The molecule has 0 aromatic carbocycles. The molecule has 0 aliphatic carbocycles. The summed E-state index contributed by atoms with van der Waals surface area (Å²) in [6, 6.07) is 0. The smallest absolute Gasteiger partial charge is 0 e. The number of hydrogen-bond acceptors (Lipinski definition) is 0. The van der Waals surface area contributed by atoms with E-state index in [1.165, 1.54) is 51.4 Å². The first-order valence-electron chi connectivity index (χ1n) is 4.91. The summed E-state index contributed by atoms with van der Waals surface area (Å²) in [6.07, 6.45) is 11.5. The van der Waals surface area contributed by atoms with E-state index in [1.807, 2.05) is 0 Å². The summed E-state index contributed by atoms with van der Waals surface area (Å²) in [5.41, 5.74) is 0. The van der Waals surface area contributed by atoms with Gasteiger partial charge in [-0.2, -0.15) is 0 Å². The third kappa shape index (κ3) is 17.3. The van der Waals surface area contributed by atoms with Crippen LogP contribution in [0.2, 0.25) is 0 Å². The molecule has 0 aliphatic rings. The molecule has 0 aliphatic heterocycles. The quantitative estimate of drug-likeness (QED) is 0.391.